The minimum atomic E-state index is -3.17. The summed E-state index contributed by atoms with van der Waals surface area (Å²) in [7, 11) is 0. The zero-order chi connectivity index (χ0) is 18.4. The highest BCUT2D eigenvalue weighted by Crippen LogP contribution is 2.26. The number of H-pyrrole nitrogens is 1. The summed E-state index contributed by atoms with van der Waals surface area (Å²) in [6, 6.07) is 4.49. The van der Waals surface area contributed by atoms with Gasteiger partial charge in [0, 0.05) is 23.4 Å². The van der Waals surface area contributed by atoms with E-state index in [4.69, 9.17) is 0 Å². The highest BCUT2D eigenvalue weighted by atomic mass is 19.3. The fraction of sp³-hybridized carbons (Fsp3) is 0.214. The van der Waals surface area contributed by atoms with Crippen LogP contribution in [0.1, 0.15) is 11.3 Å². The Labute approximate surface area is 138 Å². The molecule has 0 aliphatic heterocycles. The molecule has 2 aromatic rings. The Balaban J connectivity index is 2.20. The number of ether oxygens (including phenoxy) is 2. The van der Waals surface area contributed by atoms with Crippen LogP contribution in [0.4, 0.5) is 23.5 Å². The van der Waals surface area contributed by atoms with E-state index in [0.717, 1.165) is 18.3 Å². The van der Waals surface area contributed by atoms with Crippen molar-refractivity contribution < 1.29 is 27.0 Å². The number of hydrogen-bond donors (Lipinski definition) is 2. The maximum Gasteiger partial charge on any atom is 0.387 e. The van der Waals surface area contributed by atoms with E-state index in [-0.39, 0.29) is 17.3 Å². The molecule has 0 atom stereocenters. The van der Waals surface area contributed by atoms with Crippen molar-refractivity contribution in [2.45, 2.75) is 20.1 Å². The Bertz CT molecular complexity index is 811. The van der Waals surface area contributed by atoms with Gasteiger partial charge in [0.1, 0.15) is 11.5 Å². The second-order valence-corrected chi connectivity index (χ2v) is 4.56. The van der Waals surface area contributed by atoms with Crippen molar-refractivity contribution in [2.24, 2.45) is 5.10 Å². The number of aromatic amines is 1. The van der Waals surface area contributed by atoms with Crippen LogP contribution in [0.15, 0.2) is 34.2 Å². The van der Waals surface area contributed by atoms with E-state index in [0.29, 0.717) is 5.69 Å². The quantitative estimate of drug-likeness (QED) is 0.450. The van der Waals surface area contributed by atoms with Crippen LogP contribution in [0.3, 0.4) is 0 Å². The number of anilines is 1. The van der Waals surface area contributed by atoms with E-state index in [1.807, 2.05) is 0 Å². The molecule has 0 aliphatic carbocycles. The highest BCUT2D eigenvalue weighted by molar-refractivity contribution is 5.84. The van der Waals surface area contributed by atoms with Crippen molar-refractivity contribution >= 4 is 12.2 Å². The Morgan fingerprint density at radius 2 is 1.92 bits per heavy atom. The molecular weight excluding hydrogens is 348 g/mol. The summed E-state index contributed by atoms with van der Waals surface area (Å²) in [5.74, 6) is -0.722. The minimum Gasteiger partial charge on any atom is -0.435 e. The number of nitrogens with zero attached hydrogens (tertiary/aromatic N) is 2. The summed E-state index contributed by atoms with van der Waals surface area (Å²) in [6.45, 7) is -4.68. The fourth-order valence-electron chi connectivity index (χ4n) is 1.79. The number of halogens is 4. The number of aromatic nitrogens is 2. The first-order chi connectivity index (χ1) is 11.8. The van der Waals surface area contributed by atoms with Gasteiger partial charge in [-0.15, -0.1) is 0 Å². The number of hydrazone groups is 1. The normalized spacial score (nSPS) is 11.3. The molecule has 1 aromatic heterocycles. The second kappa shape index (κ2) is 8.13. The van der Waals surface area contributed by atoms with Gasteiger partial charge in [-0.25, -0.2) is 10.4 Å². The van der Waals surface area contributed by atoms with Crippen LogP contribution in [-0.2, 0) is 0 Å². The molecule has 1 aromatic carbocycles. The molecule has 1 heterocycles. The van der Waals surface area contributed by atoms with Crippen molar-refractivity contribution in [1.82, 2.24) is 9.97 Å². The van der Waals surface area contributed by atoms with E-state index in [9.17, 15) is 22.4 Å². The van der Waals surface area contributed by atoms with E-state index in [1.54, 1.807) is 6.92 Å². The maximum atomic E-state index is 12.4. The number of rotatable bonds is 7. The molecule has 0 radical (unpaired) electrons. The number of nitrogens with one attached hydrogen (secondary N) is 2. The first-order valence-corrected chi connectivity index (χ1v) is 6.74. The van der Waals surface area contributed by atoms with Crippen LogP contribution in [0.5, 0.6) is 11.5 Å². The molecule has 0 saturated carbocycles. The Hall–Kier alpha value is -3.11. The third-order valence-electron chi connectivity index (χ3n) is 2.67. The van der Waals surface area contributed by atoms with Gasteiger partial charge in [0.25, 0.3) is 5.56 Å². The largest absolute Gasteiger partial charge is 0.435 e. The summed E-state index contributed by atoms with van der Waals surface area (Å²) >= 11 is 0. The van der Waals surface area contributed by atoms with Crippen LogP contribution >= 0.6 is 0 Å². The molecule has 2 N–H and O–H groups in total. The third-order valence-corrected chi connectivity index (χ3v) is 2.67. The summed E-state index contributed by atoms with van der Waals surface area (Å²) in [4.78, 5) is 17.6. The zero-order valence-corrected chi connectivity index (χ0v) is 12.7. The summed E-state index contributed by atoms with van der Waals surface area (Å²) in [5.41, 5.74) is 2.51. The molecule has 7 nitrogen and oxygen atoms in total. The lowest BCUT2D eigenvalue weighted by atomic mass is 10.2. The molecule has 134 valence electrons. The lowest BCUT2D eigenvalue weighted by molar-refractivity contribution is -0.0543. The molecule has 0 saturated heterocycles. The van der Waals surface area contributed by atoms with Gasteiger partial charge >= 0.3 is 13.2 Å². The van der Waals surface area contributed by atoms with Gasteiger partial charge in [-0.2, -0.15) is 22.7 Å². The smallest absolute Gasteiger partial charge is 0.387 e. The summed E-state index contributed by atoms with van der Waals surface area (Å²) in [5, 5.41) is 3.73. The monoisotopic (exact) mass is 360 g/mol. The number of hydrogen-bond acceptors (Lipinski definition) is 6. The topological polar surface area (TPSA) is 88.6 Å². The Morgan fingerprint density at radius 3 is 2.56 bits per heavy atom. The Kier molecular flexibility index (Phi) is 5.93. The SMILES string of the molecule is Cc1cc(=O)[nH]c(N/N=C/c2ccc(OC(F)F)cc2OC(F)F)n1. The van der Waals surface area contributed by atoms with Gasteiger partial charge in [-0.3, -0.25) is 9.78 Å². The molecule has 25 heavy (non-hydrogen) atoms. The van der Waals surface area contributed by atoms with E-state index < -0.39 is 24.5 Å². The number of aryl methyl sites for hydroxylation is 1. The zero-order valence-electron chi connectivity index (χ0n) is 12.7. The summed E-state index contributed by atoms with van der Waals surface area (Å²) in [6.07, 6.45) is 1.09. The van der Waals surface area contributed by atoms with Gasteiger partial charge in [-0.05, 0) is 19.1 Å². The number of benzene rings is 1. The lowest BCUT2D eigenvalue weighted by Crippen LogP contribution is -2.10. The van der Waals surface area contributed by atoms with Crippen LogP contribution in [0.2, 0.25) is 0 Å². The van der Waals surface area contributed by atoms with Crippen LogP contribution < -0.4 is 20.5 Å². The van der Waals surface area contributed by atoms with Crippen molar-refractivity contribution in [3.8, 4) is 11.5 Å². The predicted molar refractivity (Wildman–Crippen MR) is 80.5 cm³/mol. The van der Waals surface area contributed by atoms with E-state index in [2.05, 4.69) is 30.0 Å². The fourth-order valence-corrected chi connectivity index (χ4v) is 1.79. The molecular formula is C14H12F4N4O3. The molecule has 2 rings (SSSR count). The predicted octanol–water partition coefficient (Wildman–Crippen LogP) is 2.73. The standard InChI is InChI=1S/C14H12F4N4O3/c1-7-4-11(23)21-14(20-7)22-19-6-8-2-3-9(24-12(15)16)5-10(8)25-13(17)18/h2-6,12-13H,1H3,(H2,20,21,22,23)/b19-6+. The lowest BCUT2D eigenvalue weighted by Gasteiger charge is -2.10. The van der Waals surface area contributed by atoms with Crippen molar-refractivity contribution in [2.75, 3.05) is 5.43 Å². The average Bonchev–Trinajstić information content (AvgIpc) is 2.47. The van der Waals surface area contributed by atoms with Gasteiger partial charge in [0.05, 0.1) is 6.21 Å². The van der Waals surface area contributed by atoms with Gasteiger partial charge < -0.3 is 9.47 Å². The molecule has 0 spiro atoms. The average molecular weight is 360 g/mol. The molecule has 0 aliphatic rings. The van der Waals surface area contributed by atoms with Crippen molar-refractivity contribution in [3.05, 3.63) is 45.9 Å². The molecule has 11 heteroatoms. The number of alkyl halides is 4. The van der Waals surface area contributed by atoms with Gasteiger partial charge in [-0.1, -0.05) is 0 Å². The summed E-state index contributed by atoms with van der Waals surface area (Å²) < 4.78 is 57.7. The minimum absolute atomic E-state index is 0.0373. The van der Waals surface area contributed by atoms with Crippen molar-refractivity contribution in [1.29, 1.82) is 0 Å². The molecule has 0 amide bonds. The first kappa shape index (κ1) is 18.2. The van der Waals surface area contributed by atoms with E-state index in [1.165, 1.54) is 12.1 Å². The third kappa shape index (κ3) is 5.79. The van der Waals surface area contributed by atoms with Gasteiger partial charge in [0.15, 0.2) is 0 Å². The maximum absolute atomic E-state index is 12.4. The van der Waals surface area contributed by atoms with Crippen molar-refractivity contribution in [3.63, 3.8) is 0 Å². The van der Waals surface area contributed by atoms with E-state index >= 15 is 0 Å². The van der Waals surface area contributed by atoms with Crippen LogP contribution in [-0.4, -0.2) is 29.4 Å². The Morgan fingerprint density at radius 1 is 1.20 bits per heavy atom. The van der Waals surface area contributed by atoms with Crippen LogP contribution in [0.25, 0.3) is 0 Å². The highest BCUT2D eigenvalue weighted by Gasteiger charge is 2.12. The molecule has 0 unspecified atom stereocenters. The molecule has 0 bridgehead atoms. The molecule has 0 fully saturated rings. The second-order valence-electron chi connectivity index (χ2n) is 4.56. The van der Waals surface area contributed by atoms with Gasteiger partial charge in [0.2, 0.25) is 5.95 Å². The van der Waals surface area contributed by atoms with Crippen LogP contribution in [0, 0.1) is 6.92 Å². The first-order valence-electron chi connectivity index (χ1n) is 6.74.